The van der Waals surface area contributed by atoms with E-state index in [2.05, 4.69) is 44.8 Å². The molecule has 0 aliphatic carbocycles. The third kappa shape index (κ3) is 4.39. The van der Waals surface area contributed by atoms with Gasteiger partial charge in [0.05, 0.1) is 5.69 Å². The number of hydrogen-bond acceptors (Lipinski definition) is 4. The van der Waals surface area contributed by atoms with Crippen molar-refractivity contribution >= 4 is 28.6 Å². The minimum atomic E-state index is -0.395. The number of amides is 1. The molecule has 2 aromatic carbocycles. The predicted molar refractivity (Wildman–Crippen MR) is 129 cm³/mol. The number of carbonyl (C=O) groups is 1. The Kier molecular flexibility index (Phi) is 5.69. The maximum absolute atomic E-state index is 13.8. The second kappa shape index (κ2) is 8.94. The largest absolute Gasteiger partial charge is 0.369 e. The first-order chi connectivity index (χ1) is 16.1. The molecule has 1 aliphatic heterocycles. The van der Waals surface area contributed by atoms with Gasteiger partial charge in [-0.1, -0.05) is 25.1 Å². The van der Waals surface area contributed by atoms with E-state index in [9.17, 15) is 9.18 Å². The topological polar surface area (TPSA) is 61.7 Å². The average molecular weight is 444 g/mol. The van der Waals surface area contributed by atoms with E-state index >= 15 is 0 Å². The van der Waals surface area contributed by atoms with E-state index in [1.54, 1.807) is 10.5 Å². The van der Waals surface area contributed by atoms with Crippen molar-refractivity contribution in [1.82, 2.24) is 14.7 Å². The molecule has 0 spiro atoms. The minimum absolute atomic E-state index is 0.0171. The van der Waals surface area contributed by atoms with Crippen LogP contribution in [0.5, 0.6) is 0 Å². The molecule has 5 rings (SSSR count). The molecule has 1 saturated heterocycles. The summed E-state index contributed by atoms with van der Waals surface area (Å²) < 4.78 is 15.3. The maximum atomic E-state index is 13.8. The number of nitrogens with zero attached hydrogens (tertiary/aromatic N) is 3. The number of benzene rings is 2. The fourth-order valence-corrected chi connectivity index (χ4v) is 4.36. The van der Waals surface area contributed by atoms with Crippen molar-refractivity contribution in [2.24, 2.45) is 0 Å². The summed E-state index contributed by atoms with van der Waals surface area (Å²) in [7, 11) is 0. The number of aromatic nitrogens is 2. The standard InChI is InChI=1S/C26H26FN5O/c1-2-23-25(32-16-18(27)8-13-24(32)30-23)26(33)29-21-14-15-31(17-21)22-11-9-20(10-12-22)28-19-6-4-3-5-7-19/h3-13,16,21,28H,2,14-15,17H2,1H3,(H,29,33). The van der Waals surface area contributed by atoms with E-state index in [1.807, 2.05) is 37.3 Å². The van der Waals surface area contributed by atoms with E-state index < -0.39 is 5.82 Å². The summed E-state index contributed by atoms with van der Waals surface area (Å²) in [6, 6.07) is 21.4. The van der Waals surface area contributed by atoms with Crippen LogP contribution in [0.4, 0.5) is 21.5 Å². The minimum Gasteiger partial charge on any atom is -0.369 e. The van der Waals surface area contributed by atoms with Crippen molar-refractivity contribution in [3.63, 3.8) is 0 Å². The summed E-state index contributed by atoms with van der Waals surface area (Å²) in [6.07, 6.45) is 2.77. The number of hydrogen-bond donors (Lipinski definition) is 2. The van der Waals surface area contributed by atoms with E-state index in [0.717, 1.165) is 36.6 Å². The smallest absolute Gasteiger partial charge is 0.270 e. The lowest BCUT2D eigenvalue weighted by atomic mass is 10.2. The molecule has 3 heterocycles. The Hall–Kier alpha value is -3.87. The summed E-state index contributed by atoms with van der Waals surface area (Å²) in [5.74, 6) is -0.604. The molecule has 168 valence electrons. The van der Waals surface area contributed by atoms with Crippen LogP contribution in [0.3, 0.4) is 0 Å². The van der Waals surface area contributed by atoms with Crippen LogP contribution in [0.25, 0.3) is 5.65 Å². The molecule has 2 aromatic heterocycles. The van der Waals surface area contributed by atoms with Gasteiger partial charge in [-0.3, -0.25) is 9.20 Å². The van der Waals surface area contributed by atoms with Crippen molar-refractivity contribution in [2.75, 3.05) is 23.3 Å². The first-order valence-corrected chi connectivity index (χ1v) is 11.2. The van der Waals surface area contributed by atoms with E-state index in [-0.39, 0.29) is 11.9 Å². The summed E-state index contributed by atoms with van der Waals surface area (Å²) >= 11 is 0. The number of para-hydroxylation sites is 1. The Bertz CT molecular complexity index is 1270. The Balaban J connectivity index is 1.25. The summed E-state index contributed by atoms with van der Waals surface area (Å²) in [4.78, 5) is 19.9. The van der Waals surface area contributed by atoms with E-state index in [4.69, 9.17) is 0 Å². The average Bonchev–Trinajstić information content (AvgIpc) is 3.44. The number of aryl methyl sites for hydroxylation is 1. The quantitative estimate of drug-likeness (QED) is 0.450. The number of fused-ring (bicyclic) bond motifs is 1. The molecule has 6 nitrogen and oxygen atoms in total. The van der Waals surface area contributed by atoms with Crippen molar-refractivity contribution < 1.29 is 9.18 Å². The molecular weight excluding hydrogens is 417 g/mol. The number of halogens is 1. The number of anilines is 3. The normalized spacial score (nSPS) is 15.7. The molecule has 1 aliphatic rings. The molecule has 2 N–H and O–H groups in total. The third-order valence-electron chi connectivity index (χ3n) is 6.02. The lowest BCUT2D eigenvalue weighted by Crippen LogP contribution is -2.38. The highest BCUT2D eigenvalue weighted by molar-refractivity contribution is 5.95. The number of pyridine rings is 1. The highest BCUT2D eigenvalue weighted by Crippen LogP contribution is 2.24. The van der Waals surface area contributed by atoms with Crippen LogP contribution in [0.15, 0.2) is 72.9 Å². The molecule has 0 bridgehead atoms. The molecule has 7 heteroatoms. The van der Waals surface area contributed by atoms with Crippen LogP contribution in [0.2, 0.25) is 0 Å². The molecule has 1 fully saturated rings. The fraction of sp³-hybridized carbons (Fsp3) is 0.231. The van der Waals surface area contributed by atoms with Crippen LogP contribution in [-0.2, 0) is 6.42 Å². The highest BCUT2D eigenvalue weighted by atomic mass is 19.1. The van der Waals surface area contributed by atoms with Crippen molar-refractivity contribution in [2.45, 2.75) is 25.8 Å². The third-order valence-corrected chi connectivity index (χ3v) is 6.02. The molecule has 1 atom stereocenters. The fourth-order valence-electron chi connectivity index (χ4n) is 4.36. The van der Waals surface area contributed by atoms with Crippen LogP contribution in [0, 0.1) is 5.82 Å². The number of imidazole rings is 1. The van der Waals surface area contributed by atoms with Gasteiger partial charge in [0.25, 0.3) is 5.91 Å². The summed E-state index contributed by atoms with van der Waals surface area (Å²) in [6.45, 7) is 3.53. The monoisotopic (exact) mass is 443 g/mol. The molecule has 33 heavy (non-hydrogen) atoms. The van der Waals surface area contributed by atoms with Gasteiger partial charge in [0, 0.05) is 42.4 Å². The SMILES string of the molecule is CCc1nc2ccc(F)cn2c1C(=O)NC1CCN(c2ccc(Nc3ccccc3)cc2)C1. The van der Waals surface area contributed by atoms with Crippen LogP contribution < -0.4 is 15.5 Å². The molecule has 1 amide bonds. The van der Waals surface area contributed by atoms with Gasteiger partial charge in [-0.2, -0.15) is 0 Å². The number of carbonyl (C=O) groups excluding carboxylic acids is 1. The first kappa shape index (κ1) is 21.0. The van der Waals surface area contributed by atoms with Gasteiger partial charge >= 0.3 is 0 Å². The zero-order chi connectivity index (χ0) is 22.8. The highest BCUT2D eigenvalue weighted by Gasteiger charge is 2.27. The van der Waals surface area contributed by atoms with Crippen molar-refractivity contribution in [3.8, 4) is 0 Å². The van der Waals surface area contributed by atoms with E-state index in [0.29, 0.717) is 23.5 Å². The Labute approximate surface area is 192 Å². The zero-order valence-corrected chi connectivity index (χ0v) is 18.5. The van der Waals surface area contributed by atoms with E-state index in [1.165, 1.54) is 12.3 Å². The molecule has 4 aromatic rings. The molecule has 0 radical (unpaired) electrons. The molecule has 1 unspecified atom stereocenters. The summed E-state index contributed by atoms with van der Waals surface area (Å²) in [5, 5.41) is 6.53. The first-order valence-electron chi connectivity index (χ1n) is 11.2. The van der Waals surface area contributed by atoms with Gasteiger partial charge in [-0.25, -0.2) is 9.37 Å². The zero-order valence-electron chi connectivity index (χ0n) is 18.5. The van der Waals surface area contributed by atoms with Gasteiger partial charge < -0.3 is 15.5 Å². The summed E-state index contributed by atoms with van der Waals surface area (Å²) in [5.41, 5.74) is 4.87. The van der Waals surface area contributed by atoms with Crippen molar-refractivity contribution in [1.29, 1.82) is 0 Å². The predicted octanol–water partition coefficient (Wildman–Crippen LogP) is 4.79. The Morgan fingerprint density at radius 3 is 2.58 bits per heavy atom. The van der Waals surface area contributed by atoms with Crippen LogP contribution in [-0.4, -0.2) is 34.4 Å². The second-order valence-electron chi connectivity index (χ2n) is 8.28. The molecule has 0 saturated carbocycles. The lowest BCUT2D eigenvalue weighted by molar-refractivity contribution is 0.0933. The molecular formula is C26H26FN5O. The van der Waals surface area contributed by atoms with Crippen molar-refractivity contribution in [3.05, 3.63) is 90.1 Å². The Morgan fingerprint density at radius 1 is 1.06 bits per heavy atom. The number of rotatable bonds is 6. The van der Waals surface area contributed by atoms with Gasteiger partial charge in [-0.15, -0.1) is 0 Å². The lowest BCUT2D eigenvalue weighted by Gasteiger charge is -2.20. The van der Waals surface area contributed by atoms with Gasteiger partial charge in [-0.05, 0) is 61.4 Å². The van der Waals surface area contributed by atoms with Gasteiger partial charge in [0.1, 0.15) is 17.2 Å². The Morgan fingerprint density at radius 2 is 1.82 bits per heavy atom. The second-order valence-corrected chi connectivity index (χ2v) is 8.28. The number of nitrogens with one attached hydrogen (secondary N) is 2. The van der Waals surface area contributed by atoms with Crippen LogP contribution >= 0.6 is 0 Å². The van der Waals surface area contributed by atoms with Crippen LogP contribution in [0.1, 0.15) is 29.5 Å². The van der Waals surface area contributed by atoms with Gasteiger partial charge in [0.2, 0.25) is 0 Å². The maximum Gasteiger partial charge on any atom is 0.270 e. The van der Waals surface area contributed by atoms with Gasteiger partial charge in [0.15, 0.2) is 0 Å².